The molecular weight excluding hydrogens is 200 g/mol. The molecule has 0 radical (unpaired) electrons. The van der Waals surface area contributed by atoms with Crippen molar-refractivity contribution in [1.29, 1.82) is 0 Å². The summed E-state index contributed by atoms with van der Waals surface area (Å²) >= 11 is -0.338. The zero-order valence-electron chi connectivity index (χ0n) is 3.68. The average Bonchev–Trinajstić information content (AvgIpc) is 2.14. The molecule has 38 valence electrons. The van der Waals surface area contributed by atoms with Crippen LogP contribution in [0, 0.1) is 0 Å². The number of nitrogens with zero attached hydrogens (tertiary/aromatic N) is 1. The summed E-state index contributed by atoms with van der Waals surface area (Å²) in [6.45, 7) is 0. The molecule has 1 rings (SSSR count). The monoisotopic (exact) mass is 205 g/mol. The molecule has 4 heteroatoms. The van der Waals surface area contributed by atoms with Crippen LogP contribution in [-0.4, -0.2) is 25.8 Å². The van der Waals surface area contributed by atoms with E-state index >= 15 is 0 Å². The molecule has 0 amide bonds. The summed E-state index contributed by atoms with van der Waals surface area (Å²) in [5.74, 6) is 5.87. The molecule has 0 aliphatic carbocycles. The minimum absolute atomic E-state index is 0.338. The number of hydrogen-bond donors (Lipinski definition) is 2. The standard InChI is InChI=1S/C3H5N3.Sb.H/c1-3(5-2)6-4;;/h1-2,6H,4H2;;. The van der Waals surface area contributed by atoms with E-state index in [0.717, 1.165) is 5.82 Å². The molecule has 3 N–H and O–H groups in total. The van der Waals surface area contributed by atoms with Gasteiger partial charge in [0.25, 0.3) is 0 Å². The fraction of sp³-hybridized carbons (Fsp3) is 0. The molecule has 0 aromatic rings. The molecule has 0 atom stereocenters. The molecule has 0 aromatic carbocycles. The molecular formula is C3H6N3Sb. The Hall–Kier alpha value is -0.0118. The van der Waals surface area contributed by atoms with Gasteiger partial charge in [-0.3, -0.25) is 0 Å². The predicted octanol–water partition coefficient (Wildman–Crippen LogP) is -1.27. The topological polar surface area (TPSA) is 50.4 Å². The van der Waals surface area contributed by atoms with Crippen molar-refractivity contribution in [3.8, 4) is 0 Å². The van der Waals surface area contributed by atoms with Crippen LogP contribution in [0.2, 0.25) is 0 Å². The molecule has 0 bridgehead atoms. The first-order valence-electron chi connectivity index (χ1n) is 1.89. The zero-order chi connectivity index (χ0) is 5.11. The van der Waals surface area contributed by atoms with E-state index in [1.165, 1.54) is 0 Å². The van der Waals surface area contributed by atoms with E-state index in [1.807, 2.05) is 4.16 Å². The number of hydrazine groups is 1. The summed E-state index contributed by atoms with van der Waals surface area (Å²) in [6.07, 6.45) is 0. The molecule has 1 aliphatic heterocycles. The van der Waals surface area contributed by atoms with Crippen LogP contribution in [0.25, 0.3) is 0 Å². The second kappa shape index (κ2) is 2.33. The Balaban J connectivity index is 2.52. The van der Waals surface area contributed by atoms with Gasteiger partial charge >= 0.3 is 51.9 Å². The SMILES string of the molecule is NNC1=[CH][SbH][CH]=N1. The van der Waals surface area contributed by atoms with Crippen LogP contribution in [0.4, 0.5) is 0 Å². The molecule has 0 saturated carbocycles. The number of aliphatic imine (C=N–C) groups is 1. The molecule has 1 heterocycles. The Bertz CT molecular complexity index is 117. The van der Waals surface area contributed by atoms with E-state index in [2.05, 4.69) is 14.4 Å². The van der Waals surface area contributed by atoms with E-state index in [1.54, 1.807) is 0 Å². The van der Waals surface area contributed by atoms with Crippen LogP contribution in [-0.2, 0) is 0 Å². The fourth-order valence-electron chi connectivity index (χ4n) is 0.339. The second-order valence-electron chi connectivity index (χ2n) is 1.10. The summed E-state index contributed by atoms with van der Waals surface area (Å²) in [4.78, 5) is 3.93. The molecule has 1 aliphatic rings. The maximum absolute atomic E-state index is 5.03. The third-order valence-corrected chi connectivity index (χ3v) is 2.70. The Morgan fingerprint density at radius 1 is 1.86 bits per heavy atom. The first-order chi connectivity index (χ1) is 3.43. The van der Waals surface area contributed by atoms with Crippen molar-refractivity contribution in [2.45, 2.75) is 0 Å². The van der Waals surface area contributed by atoms with Gasteiger partial charge in [0.2, 0.25) is 0 Å². The van der Waals surface area contributed by atoms with Crippen LogP contribution in [0.15, 0.2) is 14.8 Å². The van der Waals surface area contributed by atoms with Gasteiger partial charge in [0, 0.05) is 0 Å². The normalized spacial score (nSPS) is 17.0. The van der Waals surface area contributed by atoms with Gasteiger partial charge in [-0.05, 0) is 0 Å². The third kappa shape index (κ3) is 1.18. The molecule has 3 nitrogen and oxygen atoms in total. The first-order valence-corrected chi connectivity index (χ1v) is 5.18. The number of hydrogen-bond acceptors (Lipinski definition) is 3. The quantitative estimate of drug-likeness (QED) is 0.319. The summed E-state index contributed by atoms with van der Waals surface area (Å²) in [5.41, 5.74) is 2.47. The van der Waals surface area contributed by atoms with Gasteiger partial charge in [-0.2, -0.15) is 0 Å². The van der Waals surface area contributed by atoms with Crippen molar-refractivity contribution < 1.29 is 0 Å². The summed E-state index contributed by atoms with van der Waals surface area (Å²) < 4.78 is 4.06. The molecule has 0 saturated heterocycles. The van der Waals surface area contributed by atoms with Gasteiger partial charge in [-0.1, -0.05) is 0 Å². The van der Waals surface area contributed by atoms with E-state index in [4.69, 9.17) is 5.84 Å². The van der Waals surface area contributed by atoms with Crippen LogP contribution in [0.3, 0.4) is 0 Å². The van der Waals surface area contributed by atoms with Crippen molar-refractivity contribution in [2.75, 3.05) is 0 Å². The van der Waals surface area contributed by atoms with Crippen molar-refractivity contribution in [3.05, 3.63) is 9.84 Å². The number of nitrogens with two attached hydrogens (primary N) is 1. The van der Waals surface area contributed by atoms with Gasteiger partial charge in [-0.25, -0.2) is 0 Å². The number of nitrogens with one attached hydrogen (secondary N) is 1. The van der Waals surface area contributed by atoms with E-state index < -0.39 is 0 Å². The predicted molar refractivity (Wildman–Crippen MR) is 31.0 cm³/mol. The average molecular weight is 206 g/mol. The van der Waals surface area contributed by atoms with Crippen molar-refractivity contribution >= 4 is 25.8 Å². The summed E-state index contributed by atoms with van der Waals surface area (Å²) in [6, 6.07) is 0. The summed E-state index contributed by atoms with van der Waals surface area (Å²) in [7, 11) is 0. The van der Waals surface area contributed by atoms with Crippen molar-refractivity contribution in [3.63, 3.8) is 0 Å². The first kappa shape index (κ1) is 5.13. The van der Waals surface area contributed by atoms with Gasteiger partial charge in [0.15, 0.2) is 0 Å². The van der Waals surface area contributed by atoms with Gasteiger partial charge < -0.3 is 0 Å². The molecule has 0 fully saturated rings. The van der Waals surface area contributed by atoms with Gasteiger partial charge in [0.1, 0.15) is 0 Å². The number of rotatable bonds is 1. The Labute approximate surface area is 52.2 Å². The Morgan fingerprint density at radius 2 is 2.71 bits per heavy atom. The summed E-state index contributed by atoms with van der Waals surface area (Å²) in [5, 5.41) is 0. The molecule has 0 spiro atoms. The maximum atomic E-state index is 5.03. The van der Waals surface area contributed by atoms with Crippen LogP contribution >= 0.6 is 0 Å². The molecule has 7 heavy (non-hydrogen) atoms. The molecule has 0 aromatic heterocycles. The van der Waals surface area contributed by atoms with Crippen LogP contribution in [0.1, 0.15) is 0 Å². The molecule has 0 unspecified atom stereocenters. The Morgan fingerprint density at radius 3 is 3.00 bits per heavy atom. The van der Waals surface area contributed by atoms with Crippen molar-refractivity contribution in [2.24, 2.45) is 10.8 Å². The van der Waals surface area contributed by atoms with E-state index in [9.17, 15) is 0 Å². The van der Waals surface area contributed by atoms with Gasteiger partial charge in [0.05, 0.1) is 0 Å². The minimum atomic E-state index is -0.338. The third-order valence-electron chi connectivity index (χ3n) is 0.646. The van der Waals surface area contributed by atoms with Gasteiger partial charge in [-0.15, -0.1) is 0 Å². The zero-order valence-corrected chi connectivity index (χ0v) is 6.53. The Kier molecular flexibility index (Phi) is 1.71. The van der Waals surface area contributed by atoms with E-state index in [-0.39, 0.29) is 21.6 Å². The van der Waals surface area contributed by atoms with Crippen LogP contribution < -0.4 is 11.3 Å². The van der Waals surface area contributed by atoms with Crippen LogP contribution in [0.5, 0.6) is 0 Å². The van der Waals surface area contributed by atoms with E-state index in [0.29, 0.717) is 0 Å². The van der Waals surface area contributed by atoms with Crippen molar-refractivity contribution in [1.82, 2.24) is 5.43 Å². The second-order valence-corrected chi connectivity index (χ2v) is 3.61. The fourth-order valence-corrected chi connectivity index (χ4v) is 2.06.